The summed E-state index contributed by atoms with van der Waals surface area (Å²) in [4.78, 5) is 7.35. The number of hydrogen-bond donors (Lipinski definition) is 1. The first-order valence-corrected chi connectivity index (χ1v) is 15.6. The molecule has 15 heavy (non-hydrogen) atoms. The SMILES string of the molecule is [CH3][Sn]([CH3])([CH3])[C]1=C(COCCCO)C=CC1. The molecule has 3 heteroatoms. The van der Waals surface area contributed by atoms with Gasteiger partial charge in [-0.3, -0.25) is 0 Å². The molecule has 1 aliphatic carbocycles. The Morgan fingerprint density at radius 3 is 2.73 bits per heavy atom. The zero-order chi connectivity index (χ0) is 11.3. The molecular formula is C12H22O2Sn. The van der Waals surface area contributed by atoms with Crippen LogP contribution in [0.1, 0.15) is 12.8 Å². The molecule has 0 saturated carbocycles. The Hall–Kier alpha value is 0.199. The van der Waals surface area contributed by atoms with E-state index >= 15 is 0 Å². The van der Waals surface area contributed by atoms with Crippen LogP contribution in [0.5, 0.6) is 0 Å². The van der Waals surface area contributed by atoms with Crippen molar-refractivity contribution in [1.29, 1.82) is 0 Å². The van der Waals surface area contributed by atoms with Crippen LogP contribution in [0.3, 0.4) is 0 Å². The third kappa shape index (κ3) is 4.29. The summed E-state index contributed by atoms with van der Waals surface area (Å²) in [5.74, 6) is 0. The van der Waals surface area contributed by atoms with Gasteiger partial charge in [-0.2, -0.15) is 0 Å². The second-order valence-corrected chi connectivity index (χ2v) is 19.6. The van der Waals surface area contributed by atoms with Crippen molar-refractivity contribution < 1.29 is 9.84 Å². The average Bonchev–Trinajstić information content (AvgIpc) is 2.59. The van der Waals surface area contributed by atoms with Crippen LogP contribution in [0.4, 0.5) is 0 Å². The molecule has 0 amide bonds. The van der Waals surface area contributed by atoms with Crippen LogP contribution in [0.2, 0.25) is 14.8 Å². The fraction of sp³-hybridized carbons (Fsp3) is 0.667. The number of ether oxygens (including phenoxy) is 1. The summed E-state index contributed by atoms with van der Waals surface area (Å²) in [6.45, 7) is 1.63. The molecule has 0 aromatic rings. The minimum atomic E-state index is -1.89. The van der Waals surface area contributed by atoms with Crippen LogP contribution in [0.25, 0.3) is 0 Å². The molecule has 0 bridgehead atoms. The van der Waals surface area contributed by atoms with E-state index in [-0.39, 0.29) is 6.61 Å². The molecule has 86 valence electrons. The third-order valence-electron chi connectivity index (χ3n) is 2.64. The Kier molecular flexibility index (Phi) is 5.36. The minimum absolute atomic E-state index is 0.222. The summed E-state index contributed by atoms with van der Waals surface area (Å²) in [6, 6.07) is 0. The summed E-state index contributed by atoms with van der Waals surface area (Å²) in [5, 5.41) is 8.64. The molecule has 1 aliphatic rings. The number of rotatable bonds is 6. The van der Waals surface area contributed by atoms with Crippen LogP contribution in [0.15, 0.2) is 21.3 Å². The molecule has 0 fully saturated rings. The van der Waals surface area contributed by atoms with E-state index in [1.807, 2.05) is 0 Å². The van der Waals surface area contributed by atoms with Crippen LogP contribution < -0.4 is 0 Å². The van der Waals surface area contributed by atoms with Crippen LogP contribution in [-0.4, -0.2) is 43.3 Å². The maximum absolute atomic E-state index is 8.64. The van der Waals surface area contributed by atoms with Crippen molar-refractivity contribution in [3.63, 3.8) is 0 Å². The van der Waals surface area contributed by atoms with Crippen LogP contribution in [-0.2, 0) is 4.74 Å². The topological polar surface area (TPSA) is 29.5 Å². The second kappa shape index (κ2) is 6.06. The summed E-state index contributed by atoms with van der Waals surface area (Å²) < 4.78 is 7.24. The fourth-order valence-electron chi connectivity index (χ4n) is 1.82. The predicted molar refractivity (Wildman–Crippen MR) is 66.7 cm³/mol. The monoisotopic (exact) mass is 318 g/mol. The number of aliphatic hydroxyl groups is 1. The molecule has 0 aliphatic heterocycles. The van der Waals surface area contributed by atoms with E-state index in [0.717, 1.165) is 19.4 Å². The predicted octanol–water partition coefficient (Wildman–Crippen LogP) is 2.52. The molecule has 0 aromatic carbocycles. The molecule has 0 heterocycles. The van der Waals surface area contributed by atoms with Crippen LogP contribution >= 0.6 is 0 Å². The Bertz CT molecular complexity index is 261. The standard InChI is InChI=1S/C9H13O2.3CH3.Sn/c10-6-3-7-11-8-9-4-1-2-5-9;;;;/h1,4,10H,2-3,6-8H2;3*1H3;. The van der Waals surface area contributed by atoms with Crippen molar-refractivity contribution in [2.45, 2.75) is 27.7 Å². The first kappa shape index (κ1) is 13.3. The van der Waals surface area contributed by atoms with Gasteiger partial charge in [0, 0.05) is 0 Å². The quantitative estimate of drug-likeness (QED) is 0.603. The zero-order valence-corrected chi connectivity index (χ0v) is 12.9. The van der Waals surface area contributed by atoms with Gasteiger partial charge in [-0.25, -0.2) is 0 Å². The summed E-state index contributed by atoms with van der Waals surface area (Å²) >= 11 is -1.89. The van der Waals surface area contributed by atoms with Crippen molar-refractivity contribution >= 4 is 18.4 Å². The van der Waals surface area contributed by atoms with Gasteiger partial charge in [-0.1, -0.05) is 0 Å². The van der Waals surface area contributed by atoms with E-state index in [0.29, 0.717) is 6.61 Å². The van der Waals surface area contributed by atoms with Gasteiger partial charge in [-0.05, 0) is 0 Å². The van der Waals surface area contributed by atoms with Gasteiger partial charge in [-0.15, -0.1) is 0 Å². The van der Waals surface area contributed by atoms with Crippen molar-refractivity contribution in [2.24, 2.45) is 0 Å². The molecule has 0 radical (unpaired) electrons. The summed E-state index contributed by atoms with van der Waals surface area (Å²) in [6.07, 6.45) is 6.36. The Balaban J connectivity index is 2.47. The van der Waals surface area contributed by atoms with E-state index in [1.165, 1.54) is 5.57 Å². The number of aliphatic hydroxyl groups excluding tert-OH is 1. The van der Waals surface area contributed by atoms with E-state index < -0.39 is 18.4 Å². The number of hydrogen-bond acceptors (Lipinski definition) is 2. The van der Waals surface area contributed by atoms with Gasteiger partial charge in [0.05, 0.1) is 0 Å². The van der Waals surface area contributed by atoms with Gasteiger partial charge < -0.3 is 0 Å². The Morgan fingerprint density at radius 2 is 2.13 bits per heavy atom. The van der Waals surface area contributed by atoms with Crippen molar-refractivity contribution in [3.05, 3.63) is 21.3 Å². The molecular weight excluding hydrogens is 295 g/mol. The average molecular weight is 317 g/mol. The van der Waals surface area contributed by atoms with Crippen molar-refractivity contribution in [3.8, 4) is 0 Å². The first-order chi connectivity index (χ1) is 7.05. The number of allylic oxidation sites excluding steroid dienone is 2. The van der Waals surface area contributed by atoms with Gasteiger partial charge in [0.1, 0.15) is 0 Å². The molecule has 0 saturated heterocycles. The van der Waals surface area contributed by atoms with Crippen molar-refractivity contribution in [2.75, 3.05) is 19.8 Å². The van der Waals surface area contributed by atoms with Gasteiger partial charge >= 0.3 is 97.0 Å². The normalized spacial score (nSPS) is 16.5. The molecule has 0 atom stereocenters. The van der Waals surface area contributed by atoms with E-state index in [4.69, 9.17) is 9.84 Å². The molecule has 1 rings (SSSR count). The summed E-state index contributed by atoms with van der Waals surface area (Å²) in [7, 11) is 0. The summed E-state index contributed by atoms with van der Waals surface area (Å²) in [5.41, 5.74) is 1.41. The Labute approximate surface area is 96.9 Å². The third-order valence-corrected chi connectivity index (χ3v) is 9.31. The van der Waals surface area contributed by atoms with E-state index in [9.17, 15) is 0 Å². The van der Waals surface area contributed by atoms with Crippen molar-refractivity contribution in [1.82, 2.24) is 0 Å². The zero-order valence-electron chi connectivity index (χ0n) is 10.0. The molecule has 0 spiro atoms. The second-order valence-electron chi connectivity index (χ2n) is 4.99. The van der Waals surface area contributed by atoms with E-state index in [1.54, 1.807) is 3.59 Å². The van der Waals surface area contributed by atoms with E-state index in [2.05, 4.69) is 27.0 Å². The molecule has 2 nitrogen and oxygen atoms in total. The van der Waals surface area contributed by atoms with Gasteiger partial charge in [0.2, 0.25) is 0 Å². The molecule has 0 aromatic heterocycles. The first-order valence-electron chi connectivity index (χ1n) is 5.63. The Morgan fingerprint density at radius 1 is 1.40 bits per heavy atom. The van der Waals surface area contributed by atoms with Crippen LogP contribution in [0, 0.1) is 0 Å². The van der Waals surface area contributed by atoms with Gasteiger partial charge in [0.25, 0.3) is 0 Å². The maximum atomic E-state index is 8.64. The molecule has 0 unspecified atom stereocenters. The fourth-order valence-corrected chi connectivity index (χ4v) is 7.10. The molecule has 1 N–H and O–H groups in total. The van der Waals surface area contributed by atoms with Gasteiger partial charge in [0.15, 0.2) is 0 Å².